The van der Waals surface area contributed by atoms with E-state index in [1.54, 1.807) is 18.2 Å². The highest BCUT2D eigenvalue weighted by Gasteiger charge is 2.20. The van der Waals surface area contributed by atoms with E-state index in [1.165, 1.54) is 11.8 Å². The number of halogens is 2. The normalized spacial score (nSPS) is 12.2. The first-order chi connectivity index (χ1) is 10.9. The van der Waals surface area contributed by atoms with Crippen molar-refractivity contribution in [1.82, 2.24) is 14.8 Å². The van der Waals surface area contributed by atoms with Gasteiger partial charge in [-0.3, -0.25) is 4.79 Å². The molecule has 1 heterocycles. The van der Waals surface area contributed by atoms with E-state index in [4.69, 9.17) is 33.7 Å². The number of ether oxygens (including phenoxy) is 1. The third-order valence-corrected chi connectivity index (χ3v) is 4.49. The number of hydrogen-bond acceptors (Lipinski definition) is 5. The Morgan fingerprint density at radius 3 is 2.78 bits per heavy atom. The second-order valence-corrected chi connectivity index (χ2v) is 6.46. The summed E-state index contributed by atoms with van der Waals surface area (Å²) < 4.78 is 7.73. The molecule has 1 aromatic heterocycles. The molecule has 0 bridgehead atoms. The highest BCUT2D eigenvalue weighted by molar-refractivity contribution is 7.99. The molecule has 0 saturated carbocycles. The predicted molar refractivity (Wildman–Crippen MR) is 91.1 cm³/mol. The fraction of sp³-hybridized carbons (Fsp3) is 0.357. The Bertz CT molecular complexity index is 708. The lowest BCUT2D eigenvalue weighted by Gasteiger charge is -2.16. The van der Waals surface area contributed by atoms with Gasteiger partial charge < -0.3 is 15.0 Å². The number of nitrogens with zero attached hydrogens (tertiary/aromatic N) is 3. The second-order valence-electron chi connectivity index (χ2n) is 4.67. The average Bonchev–Trinajstić information content (AvgIpc) is 2.90. The van der Waals surface area contributed by atoms with Crippen LogP contribution in [0.4, 0.5) is 0 Å². The van der Waals surface area contributed by atoms with Gasteiger partial charge in [-0.2, -0.15) is 0 Å². The molecule has 124 valence electrons. The van der Waals surface area contributed by atoms with Gasteiger partial charge >= 0.3 is 0 Å². The summed E-state index contributed by atoms with van der Waals surface area (Å²) in [7, 11) is 0. The van der Waals surface area contributed by atoms with Crippen molar-refractivity contribution in [2.45, 2.75) is 31.7 Å². The molecule has 0 radical (unpaired) electrons. The number of carbonyl (C=O) groups excluding carboxylic acids is 1. The fourth-order valence-corrected chi connectivity index (χ4v) is 3.16. The first kappa shape index (κ1) is 17.9. The molecular formula is C14H16Cl2N4O2S. The van der Waals surface area contributed by atoms with Crippen molar-refractivity contribution in [2.75, 3.05) is 5.75 Å². The zero-order valence-electron chi connectivity index (χ0n) is 12.6. The summed E-state index contributed by atoms with van der Waals surface area (Å²) in [6, 6.07) is 5.02. The molecule has 2 N–H and O–H groups in total. The van der Waals surface area contributed by atoms with Crippen molar-refractivity contribution in [1.29, 1.82) is 0 Å². The maximum Gasteiger partial charge on any atom is 0.227 e. The first-order valence-corrected chi connectivity index (χ1v) is 8.62. The number of benzene rings is 1. The van der Waals surface area contributed by atoms with E-state index in [0.29, 0.717) is 33.3 Å². The molecule has 1 unspecified atom stereocenters. The molecule has 0 fully saturated rings. The van der Waals surface area contributed by atoms with E-state index in [9.17, 15) is 4.79 Å². The monoisotopic (exact) mass is 374 g/mol. The Morgan fingerprint density at radius 2 is 2.17 bits per heavy atom. The molecule has 1 atom stereocenters. The predicted octanol–water partition coefficient (Wildman–Crippen LogP) is 3.32. The lowest BCUT2D eigenvalue weighted by atomic mass is 10.3. The zero-order chi connectivity index (χ0) is 17.0. The largest absolute Gasteiger partial charge is 0.481 e. The van der Waals surface area contributed by atoms with Crippen LogP contribution in [0, 0.1) is 0 Å². The van der Waals surface area contributed by atoms with Crippen LogP contribution in [0.5, 0.6) is 5.75 Å². The third-order valence-electron chi connectivity index (χ3n) is 2.97. The smallest absolute Gasteiger partial charge is 0.227 e. The van der Waals surface area contributed by atoms with Crippen molar-refractivity contribution in [3.05, 3.63) is 34.1 Å². The number of amides is 1. The summed E-state index contributed by atoms with van der Waals surface area (Å²) >= 11 is 13.2. The molecule has 23 heavy (non-hydrogen) atoms. The Morgan fingerprint density at radius 1 is 1.43 bits per heavy atom. The van der Waals surface area contributed by atoms with Gasteiger partial charge in [0.25, 0.3) is 0 Å². The van der Waals surface area contributed by atoms with Crippen LogP contribution in [-0.4, -0.2) is 26.4 Å². The van der Waals surface area contributed by atoms with Crippen LogP contribution >= 0.6 is 35.0 Å². The van der Waals surface area contributed by atoms with E-state index >= 15 is 0 Å². The van der Waals surface area contributed by atoms with E-state index in [2.05, 4.69) is 10.2 Å². The van der Waals surface area contributed by atoms with E-state index in [0.717, 1.165) is 0 Å². The van der Waals surface area contributed by atoms with Crippen molar-refractivity contribution < 1.29 is 9.53 Å². The Hall–Kier alpha value is -1.44. The number of primary amides is 1. The quantitative estimate of drug-likeness (QED) is 0.751. The SMILES string of the molecule is CCn1c(SCC(N)=O)nnc1C(C)Oc1ccc(Cl)cc1Cl. The molecule has 1 aromatic carbocycles. The topological polar surface area (TPSA) is 83.0 Å². The van der Waals surface area contributed by atoms with Gasteiger partial charge in [-0.05, 0) is 32.0 Å². The zero-order valence-corrected chi connectivity index (χ0v) is 15.0. The number of rotatable bonds is 7. The number of nitrogens with two attached hydrogens (primary N) is 1. The summed E-state index contributed by atoms with van der Waals surface area (Å²) in [4.78, 5) is 10.9. The third kappa shape index (κ3) is 4.53. The fourth-order valence-electron chi connectivity index (χ4n) is 1.95. The van der Waals surface area contributed by atoms with Gasteiger partial charge in [0.05, 0.1) is 10.8 Å². The molecule has 2 aromatic rings. The van der Waals surface area contributed by atoms with Gasteiger partial charge in [0.2, 0.25) is 5.91 Å². The summed E-state index contributed by atoms with van der Waals surface area (Å²) in [5, 5.41) is 9.84. The lowest BCUT2D eigenvalue weighted by molar-refractivity contribution is -0.115. The molecule has 0 aliphatic rings. The van der Waals surface area contributed by atoms with Gasteiger partial charge in [-0.25, -0.2) is 0 Å². The number of aromatic nitrogens is 3. The summed E-state index contributed by atoms with van der Waals surface area (Å²) in [5.74, 6) is 0.904. The van der Waals surface area contributed by atoms with Crippen molar-refractivity contribution >= 4 is 40.9 Å². The molecule has 2 rings (SSSR count). The van der Waals surface area contributed by atoms with Crippen molar-refractivity contribution in [3.8, 4) is 5.75 Å². The van der Waals surface area contributed by atoms with Crippen LogP contribution in [-0.2, 0) is 11.3 Å². The Balaban J connectivity index is 2.18. The average molecular weight is 375 g/mol. The number of carbonyl (C=O) groups is 1. The van der Waals surface area contributed by atoms with E-state index < -0.39 is 5.91 Å². The van der Waals surface area contributed by atoms with Gasteiger partial charge in [-0.15, -0.1) is 10.2 Å². The minimum absolute atomic E-state index is 0.149. The first-order valence-electron chi connectivity index (χ1n) is 6.88. The van der Waals surface area contributed by atoms with Crippen LogP contribution < -0.4 is 10.5 Å². The molecule has 6 nitrogen and oxygen atoms in total. The Labute approximate surface area is 148 Å². The highest BCUT2D eigenvalue weighted by atomic mass is 35.5. The van der Waals surface area contributed by atoms with Gasteiger partial charge in [0.1, 0.15) is 5.75 Å². The molecule has 0 spiro atoms. The van der Waals surface area contributed by atoms with Crippen LogP contribution in [0.1, 0.15) is 25.8 Å². The molecule has 1 amide bonds. The lowest BCUT2D eigenvalue weighted by Crippen LogP contribution is -2.15. The minimum atomic E-state index is -0.403. The summed E-state index contributed by atoms with van der Waals surface area (Å²) in [6.07, 6.45) is -0.371. The van der Waals surface area contributed by atoms with Crippen LogP contribution in [0.25, 0.3) is 0 Å². The van der Waals surface area contributed by atoms with E-state index in [1.807, 2.05) is 18.4 Å². The van der Waals surface area contributed by atoms with Crippen molar-refractivity contribution in [3.63, 3.8) is 0 Å². The maximum absolute atomic E-state index is 10.9. The number of thioether (sulfide) groups is 1. The second kappa shape index (κ2) is 7.90. The highest BCUT2D eigenvalue weighted by Crippen LogP contribution is 2.31. The summed E-state index contributed by atoms with van der Waals surface area (Å²) in [6.45, 7) is 4.46. The molecule has 0 saturated heterocycles. The standard InChI is InChI=1S/C14H16Cl2N4O2S/c1-3-20-13(18-19-14(20)23-7-12(17)21)8(2)22-11-5-4-9(15)6-10(11)16/h4-6,8H,3,7H2,1-2H3,(H2,17,21). The van der Waals surface area contributed by atoms with Crippen LogP contribution in [0.3, 0.4) is 0 Å². The minimum Gasteiger partial charge on any atom is -0.481 e. The Kier molecular flexibility index (Phi) is 6.15. The molecule has 0 aliphatic heterocycles. The van der Waals surface area contributed by atoms with Crippen molar-refractivity contribution in [2.24, 2.45) is 5.73 Å². The van der Waals surface area contributed by atoms with E-state index in [-0.39, 0.29) is 11.9 Å². The molecule has 0 aliphatic carbocycles. The van der Waals surface area contributed by atoms with Gasteiger partial charge in [0.15, 0.2) is 17.1 Å². The molecule has 9 heteroatoms. The summed E-state index contributed by atoms with van der Waals surface area (Å²) in [5.41, 5.74) is 5.16. The maximum atomic E-state index is 10.9. The van der Waals surface area contributed by atoms with Crippen LogP contribution in [0.15, 0.2) is 23.4 Å². The number of hydrogen-bond donors (Lipinski definition) is 1. The van der Waals surface area contributed by atoms with Gasteiger partial charge in [-0.1, -0.05) is 35.0 Å². The van der Waals surface area contributed by atoms with Gasteiger partial charge in [0, 0.05) is 11.6 Å². The molecular weight excluding hydrogens is 359 g/mol. The van der Waals surface area contributed by atoms with Crippen LogP contribution in [0.2, 0.25) is 10.0 Å².